The molecular weight excluding hydrogens is 262 g/mol. The Morgan fingerprint density at radius 1 is 1.48 bits per heavy atom. The molecule has 0 amide bonds. The van der Waals surface area contributed by atoms with E-state index < -0.39 is 0 Å². The van der Waals surface area contributed by atoms with Gasteiger partial charge in [-0.2, -0.15) is 5.26 Å². The fourth-order valence-corrected chi connectivity index (χ4v) is 3.11. The largest absolute Gasteiger partial charge is 0.367 e. The Balaban J connectivity index is 2.19. The summed E-state index contributed by atoms with van der Waals surface area (Å²) in [6.45, 7) is 8.25. The lowest BCUT2D eigenvalue weighted by molar-refractivity contribution is 0.00652. The van der Waals surface area contributed by atoms with Crippen LogP contribution in [0.3, 0.4) is 0 Å². The Morgan fingerprint density at radius 2 is 2.29 bits per heavy atom. The van der Waals surface area contributed by atoms with E-state index in [-0.39, 0.29) is 5.60 Å². The molecular formula is C17H21N3O. The molecule has 0 aliphatic carbocycles. The number of hydrogen-bond acceptors (Lipinski definition) is 3. The van der Waals surface area contributed by atoms with Crippen molar-refractivity contribution in [1.82, 2.24) is 9.55 Å². The number of nitriles is 1. The SMILES string of the molecule is CC(C)Cn1c(C2(C)CCCO2)nc2cc(C#N)ccc21. The van der Waals surface area contributed by atoms with Gasteiger partial charge in [-0.05, 0) is 43.9 Å². The van der Waals surface area contributed by atoms with Gasteiger partial charge in [0.2, 0.25) is 0 Å². The van der Waals surface area contributed by atoms with Gasteiger partial charge in [0.05, 0.1) is 22.7 Å². The number of aromatic nitrogens is 2. The highest BCUT2D eigenvalue weighted by Gasteiger charge is 2.37. The Labute approximate surface area is 125 Å². The number of benzene rings is 1. The lowest BCUT2D eigenvalue weighted by Crippen LogP contribution is -2.26. The number of rotatable bonds is 3. The molecule has 4 nitrogen and oxygen atoms in total. The van der Waals surface area contributed by atoms with Crippen LogP contribution in [-0.4, -0.2) is 16.2 Å². The van der Waals surface area contributed by atoms with Gasteiger partial charge in [-0.3, -0.25) is 0 Å². The van der Waals surface area contributed by atoms with Crippen molar-refractivity contribution in [2.45, 2.75) is 45.8 Å². The van der Waals surface area contributed by atoms with E-state index in [4.69, 9.17) is 15.0 Å². The fourth-order valence-electron chi connectivity index (χ4n) is 3.11. The minimum atomic E-state index is -0.305. The van der Waals surface area contributed by atoms with Gasteiger partial charge in [0.1, 0.15) is 11.4 Å². The fraction of sp³-hybridized carbons (Fsp3) is 0.529. The molecule has 21 heavy (non-hydrogen) atoms. The summed E-state index contributed by atoms with van der Waals surface area (Å²) in [6, 6.07) is 7.92. The standard InChI is InChI=1S/C17H21N3O/c1-12(2)11-20-15-6-5-13(10-18)9-14(15)19-16(20)17(3)7-4-8-21-17/h5-6,9,12H,4,7-8,11H2,1-3H3. The van der Waals surface area contributed by atoms with E-state index in [1.807, 2.05) is 18.2 Å². The van der Waals surface area contributed by atoms with Crippen LogP contribution in [-0.2, 0) is 16.9 Å². The molecule has 2 aromatic rings. The van der Waals surface area contributed by atoms with E-state index in [9.17, 15) is 0 Å². The zero-order valence-electron chi connectivity index (χ0n) is 12.9. The summed E-state index contributed by atoms with van der Waals surface area (Å²) >= 11 is 0. The van der Waals surface area contributed by atoms with Gasteiger partial charge in [-0.15, -0.1) is 0 Å². The molecule has 1 aliphatic heterocycles. The van der Waals surface area contributed by atoms with Crippen molar-refractivity contribution in [2.75, 3.05) is 6.61 Å². The van der Waals surface area contributed by atoms with Crippen molar-refractivity contribution in [2.24, 2.45) is 5.92 Å². The van der Waals surface area contributed by atoms with Crippen molar-refractivity contribution in [3.05, 3.63) is 29.6 Å². The summed E-state index contributed by atoms with van der Waals surface area (Å²) in [4.78, 5) is 4.81. The molecule has 1 aliphatic rings. The minimum Gasteiger partial charge on any atom is -0.367 e. The zero-order valence-corrected chi connectivity index (χ0v) is 12.9. The Bertz CT molecular complexity index is 703. The molecule has 1 fully saturated rings. The normalized spacial score (nSPS) is 22.0. The van der Waals surface area contributed by atoms with Crippen LogP contribution in [0.2, 0.25) is 0 Å². The summed E-state index contributed by atoms with van der Waals surface area (Å²) in [5, 5.41) is 9.07. The van der Waals surface area contributed by atoms with Gasteiger partial charge < -0.3 is 9.30 Å². The molecule has 1 aromatic carbocycles. The second-order valence-corrected chi connectivity index (χ2v) is 6.44. The Kier molecular flexibility index (Phi) is 3.46. The van der Waals surface area contributed by atoms with Gasteiger partial charge >= 0.3 is 0 Å². The monoisotopic (exact) mass is 283 g/mol. The molecule has 4 heteroatoms. The average Bonchev–Trinajstić information content (AvgIpc) is 3.03. The van der Waals surface area contributed by atoms with E-state index in [1.165, 1.54) is 0 Å². The van der Waals surface area contributed by atoms with Gasteiger partial charge in [-0.1, -0.05) is 13.8 Å². The van der Waals surface area contributed by atoms with Gasteiger partial charge in [0, 0.05) is 13.2 Å². The predicted molar refractivity (Wildman–Crippen MR) is 81.8 cm³/mol. The summed E-state index contributed by atoms with van der Waals surface area (Å²) in [6.07, 6.45) is 2.07. The highest BCUT2D eigenvalue weighted by Crippen LogP contribution is 2.37. The number of imidazole rings is 1. The molecule has 0 radical (unpaired) electrons. The van der Waals surface area contributed by atoms with Crippen molar-refractivity contribution < 1.29 is 4.74 Å². The van der Waals surface area contributed by atoms with Crippen molar-refractivity contribution in [3.8, 4) is 6.07 Å². The third-order valence-corrected chi connectivity index (χ3v) is 4.12. The summed E-state index contributed by atoms with van der Waals surface area (Å²) in [7, 11) is 0. The lowest BCUT2D eigenvalue weighted by Gasteiger charge is -2.24. The molecule has 0 bridgehead atoms. The van der Waals surface area contributed by atoms with Gasteiger partial charge in [0.25, 0.3) is 0 Å². The molecule has 0 saturated carbocycles. The van der Waals surface area contributed by atoms with Gasteiger partial charge in [0.15, 0.2) is 0 Å². The third kappa shape index (κ3) is 2.43. The minimum absolute atomic E-state index is 0.305. The van der Waals surface area contributed by atoms with Crippen LogP contribution in [0, 0.1) is 17.2 Å². The molecule has 0 spiro atoms. The van der Waals surface area contributed by atoms with Crippen LogP contribution in [0.5, 0.6) is 0 Å². The molecule has 1 atom stereocenters. The first kappa shape index (κ1) is 14.1. The topological polar surface area (TPSA) is 50.8 Å². The quantitative estimate of drug-likeness (QED) is 0.865. The van der Waals surface area contributed by atoms with Gasteiger partial charge in [-0.25, -0.2) is 4.98 Å². The lowest BCUT2D eigenvalue weighted by atomic mass is 10.0. The first-order valence-electron chi connectivity index (χ1n) is 7.58. The van der Waals surface area contributed by atoms with Crippen LogP contribution in [0.15, 0.2) is 18.2 Å². The average molecular weight is 283 g/mol. The number of hydrogen-bond donors (Lipinski definition) is 0. The number of nitrogens with zero attached hydrogens (tertiary/aromatic N) is 3. The van der Waals surface area contributed by atoms with Crippen molar-refractivity contribution >= 4 is 11.0 Å². The maximum atomic E-state index is 9.07. The van der Waals surface area contributed by atoms with E-state index >= 15 is 0 Å². The van der Waals surface area contributed by atoms with Crippen LogP contribution in [0.25, 0.3) is 11.0 Å². The maximum absolute atomic E-state index is 9.07. The van der Waals surface area contributed by atoms with E-state index in [0.29, 0.717) is 11.5 Å². The molecule has 3 rings (SSSR count). The van der Waals surface area contributed by atoms with Crippen molar-refractivity contribution in [1.29, 1.82) is 5.26 Å². The maximum Gasteiger partial charge on any atom is 0.142 e. The van der Waals surface area contributed by atoms with Crippen LogP contribution >= 0.6 is 0 Å². The van der Waals surface area contributed by atoms with Crippen LogP contribution in [0.1, 0.15) is 45.0 Å². The summed E-state index contributed by atoms with van der Waals surface area (Å²) < 4.78 is 8.26. The number of fused-ring (bicyclic) bond motifs is 1. The second kappa shape index (κ2) is 5.16. The smallest absolute Gasteiger partial charge is 0.142 e. The Morgan fingerprint density at radius 3 is 2.90 bits per heavy atom. The van der Waals surface area contributed by atoms with E-state index in [0.717, 1.165) is 42.9 Å². The molecule has 1 aromatic heterocycles. The highest BCUT2D eigenvalue weighted by atomic mass is 16.5. The van der Waals surface area contributed by atoms with Crippen LogP contribution < -0.4 is 0 Å². The number of ether oxygens (including phenoxy) is 1. The second-order valence-electron chi connectivity index (χ2n) is 6.44. The van der Waals surface area contributed by atoms with Crippen LogP contribution in [0.4, 0.5) is 0 Å². The third-order valence-electron chi connectivity index (χ3n) is 4.12. The Hall–Kier alpha value is -1.86. The van der Waals surface area contributed by atoms with Crippen molar-refractivity contribution in [3.63, 3.8) is 0 Å². The molecule has 0 N–H and O–H groups in total. The summed E-state index contributed by atoms with van der Waals surface area (Å²) in [5.74, 6) is 1.53. The molecule has 110 valence electrons. The molecule has 1 saturated heterocycles. The highest BCUT2D eigenvalue weighted by molar-refractivity contribution is 5.78. The predicted octanol–water partition coefficient (Wildman–Crippen LogP) is 3.59. The van der Waals surface area contributed by atoms with E-state index in [2.05, 4.69) is 31.4 Å². The first-order chi connectivity index (χ1) is 10.0. The van der Waals surface area contributed by atoms with E-state index in [1.54, 1.807) is 0 Å². The molecule has 1 unspecified atom stereocenters. The zero-order chi connectivity index (χ0) is 15.0. The summed E-state index contributed by atoms with van der Waals surface area (Å²) in [5.41, 5.74) is 2.33. The first-order valence-corrected chi connectivity index (χ1v) is 7.58. The molecule has 2 heterocycles.